The van der Waals surface area contributed by atoms with Crippen molar-refractivity contribution in [2.75, 3.05) is 0 Å². The third-order valence-electron chi connectivity index (χ3n) is 2.27. The fraction of sp³-hybridized carbons (Fsp3) is 0.400. The highest BCUT2D eigenvalue weighted by Gasteiger charge is 2.05. The van der Waals surface area contributed by atoms with Gasteiger partial charge in [-0.05, 0) is 13.3 Å². The van der Waals surface area contributed by atoms with Crippen molar-refractivity contribution >= 4 is 5.65 Å². The van der Waals surface area contributed by atoms with Crippen molar-refractivity contribution in [2.24, 2.45) is 0 Å². The molecule has 0 aromatic carbocycles. The summed E-state index contributed by atoms with van der Waals surface area (Å²) in [6.07, 6.45) is 3.66. The van der Waals surface area contributed by atoms with E-state index >= 15 is 0 Å². The topological polar surface area (TPSA) is 50.2 Å². The summed E-state index contributed by atoms with van der Waals surface area (Å²) >= 11 is 0. The monoisotopic (exact) mass is 191 g/mol. The maximum atomic E-state index is 11.3. The van der Waals surface area contributed by atoms with Gasteiger partial charge in [0.25, 0.3) is 5.56 Å². The summed E-state index contributed by atoms with van der Waals surface area (Å²) in [6, 6.07) is 1.61. The normalized spacial score (nSPS) is 11.0. The number of hydrogen-bond acceptors (Lipinski definition) is 2. The second kappa shape index (κ2) is 3.29. The van der Waals surface area contributed by atoms with Gasteiger partial charge in [-0.25, -0.2) is 4.52 Å². The molecule has 0 aliphatic heterocycles. The van der Waals surface area contributed by atoms with Gasteiger partial charge in [-0.3, -0.25) is 4.79 Å². The molecule has 2 aromatic heterocycles. The molecule has 0 fully saturated rings. The Morgan fingerprint density at radius 1 is 1.57 bits per heavy atom. The molecule has 0 aliphatic rings. The largest absolute Gasteiger partial charge is 0.307 e. The number of hydrogen-bond donors (Lipinski definition) is 1. The molecule has 1 N–H and O–H groups in total. The summed E-state index contributed by atoms with van der Waals surface area (Å²) in [4.78, 5) is 14.1. The molecule has 0 saturated heterocycles. The molecule has 0 spiro atoms. The molecular formula is C10H13N3O. The minimum atomic E-state index is -0.0513. The van der Waals surface area contributed by atoms with Gasteiger partial charge in [-0.2, -0.15) is 5.10 Å². The SMILES string of the molecule is CCCc1cc(=O)[nH]c2c(C)cnn12. The zero-order chi connectivity index (χ0) is 10.1. The number of aromatic nitrogens is 3. The molecule has 4 nitrogen and oxygen atoms in total. The number of H-pyrrole nitrogens is 1. The van der Waals surface area contributed by atoms with E-state index in [1.807, 2.05) is 6.92 Å². The second-order valence-electron chi connectivity index (χ2n) is 3.46. The first-order valence-corrected chi connectivity index (χ1v) is 4.79. The van der Waals surface area contributed by atoms with E-state index in [4.69, 9.17) is 0 Å². The van der Waals surface area contributed by atoms with Crippen LogP contribution in [0.5, 0.6) is 0 Å². The van der Waals surface area contributed by atoms with Crippen molar-refractivity contribution in [3.63, 3.8) is 0 Å². The van der Waals surface area contributed by atoms with Gasteiger partial charge >= 0.3 is 0 Å². The predicted octanol–water partition coefficient (Wildman–Crippen LogP) is 1.28. The lowest BCUT2D eigenvalue weighted by atomic mass is 10.2. The number of rotatable bonds is 2. The van der Waals surface area contributed by atoms with Crippen LogP contribution in [0.2, 0.25) is 0 Å². The second-order valence-corrected chi connectivity index (χ2v) is 3.46. The van der Waals surface area contributed by atoms with Crippen LogP contribution in [0, 0.1) is 6.92 Å². The molecule has 4 heteroatoms. The number of aromatic amines is 1. The van der Waals surface area contributed by atoms with Crippen molar-refractivity contribution in [3.05, 3.63) is 33.9 Å². The van der Waals surface area contributed by atoms with Crippen LogP contribution in [0.1, 0.15) is 24.6 Å². The smallest absolute Gasteiger partial charge is 0.251 e. The molecule has 14 heavy (non-hydrogen) atoms. The fourth-order valence-electron chi connectivity index (χ4n) is 1.60. The van der Waals surface area contributed by atoms with Crippen LogP contribution in [0.3, 0.4) is 0 Å². The van der Waals surface area contributed by atoms with Crippen molar-refractivity contribution in [1.29, 1.82) is 0 Å². The van der Waals surface area contributed by atoms with Gasteiger partial charge in [0.2, 0.25) is 0 Å². The first kappa shape index (κ1) is 8.99. The van der Waals surface area contributed by atoms with Crippen LogP contribution in [0.15, 0.2) is 17.1 Å². The van der Waals surface area contributed by atoms with E-state index < -0.39 is 0 Å². The van der Waals surface area contributed by atoms with Gasteiger partial charge in [0.05, 0.1) is 6.20 Å². The Morgan fingerprint density at radius 3 is 3.07 bits per heavy atom. The zero-order valence-electron chi connectivity index (χ0n) is 8.37. The molecule has 74 valence electrons. The number of nitrogens with one attached hydrogen (secondary N) is 1. The number of aryl methyl sites for hydroxylation is 2. The summed E-state index contributed by atoms with van der Waals surface area (Å²) in [5, 5.41) is 4.22. The molecule has 0 aliphatic carbocycles. The van der Waals surface area contributed by atoms with E-state index in [9.17, 15) is 4.79 Å². The summed E-state index contributed by atoms with van der Waals surface area (Å²) in [5.41, 5.74) is 2.73. The van der Waals surface area contributed by atoms with Crippen LogP contribution in [-0.4, -0.2) is 14.6 Å². The van der Waals surface area contributed by atoms with Gasteiger partial charge in [-0.1, -0.05) is 13.3 Å². The van der Waals surface area contributed by atoms with Crippen LogP contribution in [0.4, 0.5) is 0 Å². The summed E-state index contributed by atoms with van der Waals surface area (Å²) in [6.45, 7) is 4.03. The average molecular weight is 191 g/mol. The third-order valence-corrected chi connectivity index (χ3v) is 2.27. The maximum absolute atomic E-state index is 11.3. The summed E-state index contributed by atoms with van der Waals surface area (Å²) in [5.74, 6) is 0. The number of fused-ring (bicyclic) bond motifs is 1. The minimum Gasteiger partial charge on any atom is -0.307 e. The third kappa shape index (κ3) is 1.32. The minimum absolute atomic E-state index is 0.0513. The van der Waals surface area contributed by atoms with E-state index in [0.29, 0.717) is 0 Å². The first-order valence-electron chi connectivity index (χ1n) is 4.79. The summed E-state index contributed by atoms with van der Waals surface area (Å²) in [7, 11) is 0. The van der Waals surface area contributed by atoms with Crippen LogP contribution >= 0.6 is 0 Å². The van der Waals surface area contributed by atoms with Crippen molar-refractivity contribution in [3.8, 4) is 0 Å². The fourth-order valence-corrected chi connectivity index (χ4v) is 1.60. The van der Waals surface area contributed by atoms with E-state index in [-0.39, 0.29) is 5.56 Å². The zero-order valence-corrected chi connectivity index (χ0v) is 8.37. The quantitative estimate of drug-likeness (QED) is 0.777. The van der Waals surface area contributed by atoms with Gasteiger partial charge < -0.3 is 4.98 Å². The first-order chi connectivity index (χ1) is 6.72. The molecule has 0 saturated carbocycles. The Hall–Kier alpha value is -1.58. The number of nitrogens with zero attached hydrogens (tertiary/aromatic N) is 2. The van der Waals surface area contributed by atoms with Crippen LogP contribution < -0.4 is 5.56 Å². The molecule has 2 rings (SSSR count). The lowest BCUT2D eigenvalue weighted by Gasteiger charge is -2.02. The highest BCUT2D eigenvalue weighted by molar-refractivity contribution is 5.45. The summed E-state index contributed by atoms with van der Waals surface area (Å²) < 4.78 is 1.81. The molecule has 0 radical (unpaired) electrons. The van der Waals surface area contributed by atoms with Crippen molar-refractivity contribution in [2.45, 2.75) is 26.7 Å². The van der Waals surface area contributed by atoms with E-state index in [0.717, 1.165) is 29.7 Å². The standard InChI is InChI=1S/C10H13N3O/c1-3-4-8-5-9(14)12-10-7(2)6-11-13(8)10/h5-6H,3-4H2,1-2H3,(H,12,14). The lowest BCUT2D eigenvalue weighted by molar-refractivity contribution is 0.791. The lowest BCUT2D eigenvalue weighted by Crippen LogP contribution is -2.12. The van der Waals surface area contributed by atoms with E-state index in [2.05, 4.69) is 17.0 Å². The highest BCUT2D eigenvalue weighted by Crippen LogP contribution is 2.07. The molecule has 0 amide bonds. The van der Waals surface area contributed by atoms with Crippen molar-refractivity contribution in [1.82, 2.24) is 14.6 Å². The van der Waals surface area contributed by atoms with E-state index in [1.54, 1.807) is 16.8 Å². The Bertz CT molecular complexity index is 510. The van der Waals surface area contributed by atoms with Crippen LogP contribution in [0.25, 0.3) is 5.65 Å². The maximum Gasteiger partial charge on any atom is 0.251 e. The van der Waals surface area contributed by atoms with Gasteiger partial charge in [0, 0.05) is 17.3 Å². The van der Waals surface area contributed by atoms with Crippen molar-refractivity contribution < 1.29 is 0 Å². The highest BCUT2D eigenvalue weighted by atomic mass is 16.1. The Morgan fingerprint density at radius 2 is 2.36 bits per heavy atom. The molecule has 2 heterocycles. The van der Waals surface area contributed by atoms with Gasteiger partial charge in [0.15, 0.2) is 0 Å². The van der Waals surface area contributed by atoms with Gasteiger partial charge in [0.1, 0.15) is 5.65 Å². The Labute approximate surface area is 81.6 Å². The Balaban J connectivity index is 2.75. The average Bonchev–Trinajstić information content (AvgIpc) is 2.49. The molecule has 0 bridgehead atoms. The molecular weight excluding hydrogens is 178 g/mol. The Kier molecular flexibility index (Phi) is 2.11. The molecule has 2 aromatic rings. The van der Waals surface area contributed by atoms with Gasteiger partial charge in [-0.15, -0.1) is 0 Å². The molecule has 0 unspecified atom stereocenters. The predicted molar refractivity (Wildman–Crippen MR) is 54.5 cm³/mol. The molecule has 0 atom stereocenters. The van der Waals surface area contributed by atoms with E-state index in [1.165, 1.54) is 0 Å². The van der Waals surface area contributed by atoms with Crippen LogP contribution in [-0.2, 0) is 6.42 Å².